The molecule has 21 heavy (non-hydrogen) atoms. The van der Waals surface area contributed by atoms with Crippen LogP contribution < -0.4 is 5.56 Å². The fourth-order valence-electron chi connectivity index (χ4n) is 2.29. The van der Waals surface area contributed by atoms with Gasteiger partial charge < -0.3 is 9.67 Å². The van der Waals surface area contributed by atoms with Crippen LogP contribution in [0.5, 0.6) is 0 Å². The first-order valence-corrected chi connectivity index (χ1v) is 6.40. The van der Waals surface area contributed by atoms with E-state index in [-0.39, 0.29) is 17.7 Å². The van der Waals surface area contributed by atoms with E-state index in [2.05, 4.69) is 10.1 Å². The summed E-state index contributed by atoms with van der Waals surface area (Å²) in [5.41, 5.74) is 0.529. The highest BCUT2D eigenvalue weighted by Gasteiger charge is 2.16. The fraction of sp³-hybridized carbons (Fsp3) is 0.214. The molecule has 3 rings (SSSR count). The first-order chi connectivity index (χ1) is 10.1. The van der Waals surface area contributed by atoms with Crippen LogP contribution in [0.2, 0.25) is 0 Å². The third-order valence-corrected chi connectivity index (χ3v) is 3.36. The van der Waals surface area contributed by atoms with E-state index in [1.54, 1.807) is 23.6 Å². The number of aryl methyl sites for hydroxylation is 1. The van der Waals surface area contributed by atoms with Crippen molar-refractivity contribution in [3.05, 3.63) is 64.1 Å². The molecular formula is C14H13FN4O2. The molecular weight excluding hydrogens is 275 g/mol. The Kier molecular flexibility index (Phi) is 3.26. The molecule has 0 aliphatic carbocycles. The van der Waals surface area contributed by atoms with Gasteiger partial charge in [0.05, 0.1) is 12.6 Å². The maximum Gasteiger partial charge on any atom is 0.275 e. The summed E-state index contributed by atoms with van der Waals surface area (Å²) in [5, 5.41) is 14.1. The van der Waals surface area contributed by atoms with Gasteiger partial charge in [0.25, 0.3) is 5.56 Å². The summed E-state index contributed by atoms with van der Waals surface area (Å²) in [6.45, 7) is 1.80. The Bertz CT molecular complexity index is 856. The van der Waals surface area contributed by atoms with Crippen molar-refractivity contribution in [2.45, 2.75) is 19.6 Å². The van der Waals surface area contributed by atoms with E-state index in [0.717, 1.165) is 4.52 Å². The van der Waals surface area contributed by atoms with Gasteiger partial charge in [-0.1, -0.05) is 18.2 Å². The number of fused-ring (bicyclic) bond motifs is 1. The zero-order chi connectivity index (χ0) is 15.0. The maximum absolute atomic E-state index is 13.7. The summed E-state index contributed by atoms with van der Waals surface area (Å²) in [7, 11) is 0. The van der Waals surface area contributed by atoms with E-state index in [1.165, 1.54) is 24.5 Å². The molecule has 1 aromatic carbocycles. The summed E-state index contributed by atoms with van der Waals surface area (Å²) < 4.78 is 16.5. The van der Waals surface area contributed by atoms with E-state index in [0.29, 0.717) is 11.5 Å². The number of aliphatic hydroxyl groups excluding tert-OH is 1. The van der Waals surface area contributed by atoms with Crippen LogP contribution in [0.1, 0.15) is 17.4 Å². The average Bonchev–Trinajstić information content (AvgIpc) is 2.93. The molecule has 0 fully saturated rings. The quantitative estimate of drug-likeness (QED) is 0.782. The number of nitrogens with zero attached hydrogens (tertiary/aromatic N) is 4. The molecule has 0 saturated heterocycles. The average molecular weight is 288 g/mol. The van der Waals surface area contributed by atoms with Gasteiger partial charge in [0, 0.05) is 17.3 Å². The van der Waals surface area contributed by atoms with Gasteiger partial charge in [-0.2, -0.15) is 14.6 Å². The topological polar surface area (TPSA) is 72.4 Å². The Morgan fingerprint density at radius 1 is 1.38 bits per heavy atom. The zero-order valence-electron chi connectivity index (χ0n) is 11.3. The molecule has 0 bridgehead atoms. The van der Waals surface area contributed by atoms with E-state index in [4.69, 9.17) is 0 Å². The monoisotopic (exact) mass is 288 g/mol. The number of rotatable bonds is 3. The maximum atomic E-state index is 13.7. The minimum Gasteiger partial charge on any atom is -0.386 e. The van der Waals surface area contributed by atoms with Crippen molar-refractivity contribution in [2.24, 2.45) is 0 Å². The van der Waals surface area contributed by atoms with E-state index >= 15 is 0 Å². The van der Waals surface area contributed by atoms with Gasteiger partial charge in [0.15, 0.2) is 0 Å². The van der Waals surface area contributed by atoms with Crippen LogP contribution in [0.15, 0.2) is 41.5 Å². The van der Waals surface area contributed by atoms with Crippen molar-refractivity contribution < 1.29 is 9.50 Å². The number of hydrogen-bond donors (Lipinski definition) is 1. The standard InChI is InChI=1S/C14H13FN4O2/c1-9-6-13(21)19-14(16-8-17-19)18(9)7-12(20)10-4-2-3-5-11(10)15/h2-6,8,12,20H,7H2,1H3. The molecule has 0 amide bonds. The Morgan fingerprint density at radius 2 is 2.14 bits per heavy atom. The van der Waals surface area contributed by atoms with Crippen molar-refractivity contribution in [1.29, 1.82) is 0 Å². The van der Waals surface area contributed by atoms with Gasteiger partial charge in [-0.3, -0.25) is 4.79 Å². The predicted octanol–water partition coefficient (Wildman–Crippen LogP) is 1.07. The highest BCUT2D eigenvalue weighted by molar-refractivity contribution is 5.30. The third-order valence-electron chi connectivity index (χ3n) is 3.36. The van der Waals surface area contributed by atoms with Crippen LogP contribution in [0.3, 0.4) is 0 Å². The number of aromatic nitrogens is 4. The summed E-state index contributed by atoms with van der Waals surface area (Å²) in [6, 6.07) is 7.44. The van der Waals surface area contributed by atoms with E-state index in [9.17, 15) is 14.3 Å². The molecule has 108 valence electrons. The Morgan fingerprint density at radius 3 is 2.90 bits per heavy atom. The number of hydrogen-bond acceptors (Lipinski definition) is 4. The summed E-state index contributed by atoms with van der Waals surface area (Å²) in [5.74, 6) is -0.156. The molecule has 0 saturated carbocycles. The Labute approximate surface area is 119 Å². The predicted molar refractivity (Wildman–Crippen MR) is 73.3 cm³/mol. The van der Waals surface area contributed by atoms with Crippen LogP contribution in [0.25, 0.3) is 5.78 Å². The smallest absolute Gasteiger partial charge is 0.275 e. The highest BCUT2D eigenvalue weighted by atomic mass is 19.1. The van der Waals surface area contributed by atoms with Gasteiger partial charge in [0.1, 0.15) is 12.1 Å². The first kappa shape index (κ1) is 13.4. The minimum atomic E-state index is -1.05. The molecule has 7 heteroatoms. The van der Waals surface area contributed by atoms with Crippen molar-refractivity contribution in [1.82, 2.24) is 19.2 Å². The molecule has 1 unspecified atom stereocenters. The SMILES string of the molecule is Cc1cc(=O)n2ncnc2n1CC(O)c1ccccc1F. The second-order valence-corrected chi connectivity index (χ2v) is 4.74. The minimum absolute atomic E-state index is 0.0786. The number of benzene rings is 1. The normalized spacial score (nSPS) is 12.7. The lowest BCUT2D eigenvalue weighted by atomic mass is 10.1. The first-order valence-electron chi connectivity index (χ1n) is 6.40. The number of halogens is 1. The second kappa shape index (κ2) is 5.10. The van der Waals surface area contributed by atoms with Crippen LogP contribution in [-0.4, -0.2) is 24.3 Å². The summed E-state index contributed by atoms with van der Waals surface area (Å²) >= 11 is 0. The van der Waals surface area contributed by atoms with Crippen LogP contribution in [-0.2, 0) is 6.54 Å². The molecule has 0 radical (unpaired) electrons. The molecule has 3 aromatic rings. The number of aliphatic hydroxyl groups is 1. The van der Waals surface area contributed by atoms with Gasteiger partial charge in [-0.05, 0) is 13.0 Å². The lowest BCUT2D eigenvalue weighted by Crippen LogP contribution is -2.22. The van der Waals surface area contributed by atoms with Crippen LogP contribution >= 0.6 is 0 Å². The van der Waals surface area contributed by atoms with Crippen molar-refractivity contribution in [3.63, 3.8) is 0 Å². The fourth-order valence-corrected chi connectivity index (χ4v) is 2.29. The molecule has 2 heterocycles. The Balaban J connectivity index is 2.04. The van der Waals surface area contributed by atoms with Crippen LogP contribution in [0.4, 0.5) is 4.39 Å². The van der Waals surface area contributed by atoms with Gasteiger partial charge >= 0.3 is 0 Å². The Hall–Kier alpha value is -2.54. The molecule has 0 aliphatic rings. The molecule has 2 aromatic heterocycles. The van der Waals surface area contributed by atoms with Crippen molar-refractivity contribution >= 4 is 5.78 Å². The molecule has 1 N–H and O–H groups in total. The molecule has 6 nitrogen and oxygen atoms in total. The second-order valence-electron chi connectivity index (χ2n) is 4.74. The van der Waals surface area contributed by atoms with Gasteiger partial charge in [-0.15, -0.1) is 0 Å². The summed E-state index contributed by atoms with van der Waals surface area (Å²) in [4.78, 5) is 15.8. The summed E-state index contributed by atoms with van der Waals surface area (Å²) in [6.07, 6.45) is 0.218. The lowest BCUT2D eigenvalue weighted by Gasteiger charge is -2.16. The van der Waals surface area contributed by atoms with Gasteiger partial charge in [-0.25, -0.2) is 4.39 Å². The van der Waals surface area contributed by atoms with Crippen molar-refractivity contribution in [3.8, 4) is 0 Å². The molecule has 0 spiro atoms. The largest absolute Gasteiger partial charge is 0.386 e. The third kappa shape index (κ3) is 2.31. The lowest BCUT2D eigenvalue weighted by molar-refractivity contribution is 0.152. The van der Waals surface area contributed by atoms with E-state index in [1.807, 2.05) is 0 Å². The zero-order valence-corrected chi connectivity index (χ0v) is 11.3. The highest BCUT2D eigenvalue weighted by Crippen LogP contribution is 2.19. The van der Waals surface area contributed by atoms with E-state index < -0.39 is 11.9 Å². The molecule has 0 aliphatic heterocycles. The van der Waals surface area contributed by atoms with Crippen molar-refractivity contribution in [2.75, 3.05) is 0 Å². The molecule has 1 atom stereocenters. The van der Waals surface area contributed by atoms with Crippen LogP contribution in [0, 0.1) is 12.7 Å². The van der Waals surface area contributed by atoms with Gasteiger partial charge in [0.2, 0.25) is 5.78 Å².